The van der Waals surface area contributed by atoms with Gasteiger partial charge in [-0.2, -0.15) is 0 Å². The van der Waals surface area contributed by atoms with Gasteiger partial charge in [-0.1, -0.05) is 12.1 Å². The number of carbonyl (C=O) groups excluding carboxylic acids is 1. The van der Waals surface area contributed by atoms with E-state index in [0.29, 0.717) is 10.7 Å². The van der Waals surface area contributed by atoms with Gasteiger partial charge in [0, 0.05) is 22.2 Å². The van der Waals surface area contributed by atoms with E-state index in [-0.39, 0.29) is 5.91 Å². The zero-order valence-electron chi connectivity index (χ0n) is 13.4. The van der Waals surface area contributed by atoms with Crippen LogP contribution in [0.5, 0.6) is 5.75 Å². The van der Waals surface area contributed by atoms with Crippen LogP contribution < -0.4 is 15.8 Å². The van der Waals surface area contributed by atoms with Gasteiger partial charge in [0.05, 0.1) is 12.8 Å². The summed E-state index contributed by atoms with van der Waals surface area (Å²) in [6.07, 6.45) is 0. The summed E-state index contributed by atoms with van der Waals surface area (Å²) in [4.78, 5) is 16.7. The van der Waals surface area contributed by atoms with Crippen molar-refractivity contribution < 1.29 is 9.53 Å². The molecular weight excluding hydrogens is 322 g/mol. The highest BCUT2D eigenvalue weighted by Gasteiger charge is 2.10. The number of hydrogen-bond donors (Lipinski definition) is 2. The minimum Gasteiger partial charge on any atom is -0.496 e. The maximum atomic E-state index is 12.5. The van der Waals surface area contributed by atoms with E-state index in [1.807, 2.05) is 42.6 Å². The first-order chi connectivity index (χ1) is 11.6. The first-order valence-electron chi connectivity index (χ1n) is 7.34. The molecule has 0 saturated heterocycles. The molecule has 24 heavy (non-hydrogen) atoms. The second kappa shape index (κ2) is 6.72. The first-order valence-corrected chi connectivity index (χ1v) is 8.22. The van der Waals surface area contributed by atoms with E-state index in [2.05, 4.69) is 10.3 Å². The summed E-state index contributed by atoms with van der Waals surface area (Å²) in [7, 11) is 1.62. The van der Waals surface area contributed by atoms with Crippen molar-refractivity contribution in [3.05, 3.63) is 59.0 Å². The number of nitrogens with two attached hydrogens (primary N) is 1. The zero-order chi connectivity index (χ0) is 17.1. The molecule has 0 aliphatic rings. The maximum Gasteiger partial charge on any atom is 0.255 e. The van der Waals surface area contributed by atoms with Crippen molar-refractivity contribution >= 4 is 28.1 Å². The van der Waals surface area contributed by atoms with Crippen LogP contribution in [0.1, 0.15) is 15.9 Å². The van der Waals surface area contributed by atoms with Crippen molar-refractivity contribution in [2.75, 3.05) is 18.2 Å². The standard InChI is InChI=1S/C18H17N3O2S/c1-11-8-14(6-7-16(11)23-2)20-17(22)13-5-3-4-12(9-13)15-10-24-18(19)21-15/h3-10H,1-2H3,(H2,19,21)(H,20,22). The number of ether oxygens (including phenoxy) is 1. The summed E-state index contributed by atoms with van der Waals surface area (Å²) in [6, 6.07) is 12.8. The molecular formula is C18H17N3O2S. The Kier molecular flexibility index (Phi) is 4.48. The van der Waals surface area contributed by atoms with E-state index in [1.54, 1.807) is 19.2 Å². The van der Waals surface area contributed by atoms with E-state index < -0.39 is 0 Å². The molecule has 0 spiro atoms. The summed E-state index contributed by atoms with van der Waals surface area (Å²) in [5.74, 6) is 0.612. The maximum absolute atomic E-state index is 12.5. The molecule has 0 fully saturated rings. The number of anilines is 2. The largest absolute Gasteiger partial charge is 0.496 e. The molecule has 3 rings (SSSR count). The first kappa shape index (κ1) is 16.0. The highest BCUT2D eigenvalue weighted by Crippen LogP contribution is 2.25. The molecule has 0 bridgehead atoms. The van der Waals surface area contributed by atoms with Crippen LogP contribution in [-0.4, -0.2) is 18.0 Å². The van der Waals surface area contributed by atoms with Crippen LogP contribution in [0.2, 0.25) is 0 Å². The summed E-state index contributed by atoms with van der Waals surface area (Å²) < 4.78 is 5.23. The number of aryl methyl sites for hydroxylation is 1. The van der Waals surface area contributed by atoms with Crippen molar-refractivity contribution in [2.24, 2.45) is 0 Å². The van der Waals surface area contributed by atoms with Gasteiger partial charge in [0.25, 0.3) is 5.91 Å². The molecule has 0 unspecified atom stereocenters. The third-order valence-electron chi connectivity index (χ3n) is 3.60. The fraction of sp³-hybridized carbons (Fsp3) is 0.111. The second-order valence-electron chi connectivity index (χ2n) is 5.29. The molecule has 2 aromatic carbocycles. The zero-order valence-corrected chi connectivity index (χ0v) is 14.2. The minimum atomic E-state index is -0.176. The number of nitrogens with zero attached hydrogens (tertiary/aromatic N) is 1. The normalized spacial score (nSPS) is 10.4. The third kappa shape index (κ3) is 3.38. The Bertz CT molecular complexity index is 889. The number of methoxy groups -OCH3 is 1. The smallest absolute Gasteiger partial charge is 0.255 e. The predicted octanol–water partition coefficient (Wildman–Crippen LogP) is 3.96. The van der Waals surface area contributed by atoms with Gasteiger partial charge in [-0.15, -0.1) is 11.3 Å². The monoisotopic (exact) mass is 339 g/mol. The van der Waals surface area contributed by atoms with Gasteiger partial charge < -0.3 is 15.8 Å². The Hall–Kier alpha value is -2.86. The van der Waals surface area contributed by atoms with Gasteiger partial charge in [0.2, 0.25) is 0 Å². The molecule has 1 heterocycles. The van der Waals surface area contributed by atoms with E-state index in [1.165, 1.54) is 11.3 Å². The van der Waals surface area contributed by atoms with Gasteiger partial charge in [-0.25, -0.2) is 4.98 Å². The van der Waals surface area contributed by atoms with E-state index >= 15 is 0 Å². The van der Waals surface area contributed by atoms with Gasteiger partial charge in [0.15, 0.2) is 5.13 Å². The van der Waals surface area contributed by atoms with Gasteiger partial charge in [-0.3, -0.25) is 4.79 Å². The van der Waals surface area contributed by atoms with Crippen LogP contribution in [0, 0.1) is 6.92 Å². The number of thiazole rings is 1. The van der Waals surface area contributed by atoms with Crippen LogP contribution in [-0.2, 0) is 0 Å². The molecule has 0 saturated carbocycles. The highest BCUT2D eigenvalue weighted by molar-refractivity contribution is 7.13. The number of nitrogens with one attached hydrogen (secondary N) is 1. The fourth-order valence-corrected chi connectivity index (χ4v) is 2.97. The fourth-order valence-electron chi connectivity index (χ4n) is 2.40. The Morgan fingerprint density at radius 1 is 1.25 bits per heavy atom. The van der Waals surface area contributed by atoms with Gasteiger partial charge in [0.1, 0.15) is 5.75 Å². The van der Waals surface area contributed by atoms with Crippen molar-refractivity contribution in [3.8, 4) is 17.0 Å². The molecule has 1 aromatic heterocycles. The summed E-state index contributed by atoms with van der Waals surface area (Å²) in [5, 5.41) is 5.28. The highest BCUT2D eigenvalue weighted by atomic mass is 32.1. The van der Waals surface area contributed by atoms with Crippen molar-refractivity contribution in [2.45, 2.75) is 6.92 Å². The minimum absolute atomic E-state index is 0.176. The number of nitrogen functional groups attached to an aromatic ring is 1. The van der Waals surface area contributed by atoms with Crippen LogP contribution >= 0.6 is 11.3 Å². The summed E-state index contributed by atoms with van der Waals surface area (Å²) >= 11 is 1.38. The molecule has 0 aliphatic heterocycles. The van der Waals surface area contributed by atoms with Crippen LogP contribution in [0.15, 0.2) is 47.8 Å². The lowest BCUT2D eigenvalue weighted by Gasteiger charge is -2.09. The number of amides is 1. The van der Waals surface area contributed by atoms with Crippen LogP contribution in [0.4, 0.5) is 10.8 Å². The average Bonchev–Trinajstić information content (AvgIpc) is 3.02. The van der Waals surface area contributed by atoms with E-state index in [4.69, 9.17) is 10.5 Å². The average molecular weight is 339 g/mol. The van der Waals surface area contributed by atoms with Gasteiger partial charge in [-0.05, 0) is 42.8 Å². The van der Waals surface area contributed by atoms with Crippen molar-refractivity contribution in [1.82, 2.24) is 4.98 Å². The number of aromatic nitrogens is 1. The Balaban J connectivity index is 1.81. The second-order valence-corrected chi connectivity index (χ2v) is 6.18. The SMILES string of the molecule is COc1ccc(NC(=O)c2cccc(-c3csc(N)n3)c2)cc1C. The van der Waals surface area contributed by atoms with Crippen LogP contribution in [0.25, 0.3) is 11.3 Å². The quantitative estimate of drug-likeness (QED) is 0.754. The Morgan fingerprint density at radius 3 is 2.75 bits per heavy atom. The Morgan fingerprint density at radius 2 is 2.08 bits per heavy atom. The van der Waals surface area contributed by atoms with Crippen molar-refractivity contribution in [3.63, 3.8) is 0 Å². The molecule has 0 atom stereocenters. The summed E-state index contributed by atoms with van der Waals surface area (Å²) in [5.41, 5.74) is 9.55. The molecule has 5 nitrogen and oxygen atoms in total. The number of carbonyl (C=O) groups is 1. The summed E-state index contributed by atoms with van der Waals surface area (Å²) in [6.45, 7) is 1.93. The van der Waals surface area contributed by atoms with E-state index in [9.17, 15) is 4.79 Å². The predicted molar refractivity (Wildman–Crippen MR) is 97.6 cm³/mol. The molecule has 122 valence electrons. The van der Waals surface area contributed by atoms with E-state index in [0.717, 1.165) is 28.3 Å². The third-order valence-corrected chi connectivity index (χ3v) is 4.27. The lowest BCUT2D eigenvalue weighted by atomic mass is 10.1. The lowest BCUT2D eigenvalue weighted by Crippen LogP contribution is -2.12. The molecule has 3 aromatic rings. The number of rotatable bonds is 4. The lowest BCUT2D eigenvalue weighted by molar-refractivity contribution is 0.102. The van der Waals surface area contributed by atoms with Gasteiger partial charge >= 0.3 is 0 Å². The molecule has 6 heteroatoms. The molecule has 3 N–H and O–H groups in total. The number of benzene rings is 2. The van der Waals surface area contributed by atoms with Crippen LogP contribution in [0.3, 0.4) is 0 Å². The Labute approximate surface area is 144 Å². The molecule has 1 amide bonds. The van der Waals surface area contributed by atoms with Crippen molar-refractivity contribution in [1.29, 1.82) is 0 Å². The molecule has 0 radical (unpaired) electrons. The molecule has 0 aliphatic carbocycles. The number of hydrogen-bond acceptors (Lipinski definition) is 5. The topological polar surface area (TPSA) is 77.2 Å².